The van der Waals surface area contributed by atoms with Gasteiger partial charge in [0.05, 0.1) is 25.4 Å². The third-order valence-electron chi connectivity index (χ3n) is 14.0. The molecule has 2 heterocycles. The molecule has 0 aromatic carbocycles. The van der Waals surface area contributed by atoms with Gasteiger partial charge in [-0.3, -0.25) is 23.2 Å². The lowest BCUT2D eigenvalue weighted by molar-refractivity contribution is -0.161. The molecule has 20 nitrogen and oxygen atoms in total. The molecule has 0 bridgehead atoms. The summed E-state index contributed by atoms with van der Waals surface area (Å²) in [5.74, 6) is -0.722. The summed E-state index contributed by atoms with van der Waals surface area (Å²) < 4.78 is 56.8. The zero-order valence-electron chi connectivity index (χ0n) is 47.8. The second-order valence-corrected chi connectivity index (χ2v) is 24.1. The van der Waals surface area contributed by atoms with Gasteiger partial charge in [-0.25, -0.2) is 13.9 Å². The summed E-state index contributed by atoms with van der Waals surface area (Å²) in [4.78, 5) is 62.2. The number of nitrogen functional groups attached to an aromatic ring is 1. The molecule has 1 aromatic heterocycles. The molecule has 1 aliphatic heterocycles. The Hall–Kier alpha value is -3.10. The minimum atomic E-state index is -5.50. The van der Waals surface area contributed by atoms with Crippen LogP contribution in [0.25, 0.3) is 0 Å². The van der Waals surface area contributed by atoms with Gasteiger partial charge in [-0.05, 0) is 63.4 Å². The summed E-state index contributed by atoms with van der Waals surface area (Å²) in [6.07, 6.45) is 33.6. The number of carbonyl (C=O) groups is 2. The largest absolute Gasteiger partial charge is 0.481 e. The Bertz CT molecular complexity index is 2020. The Morgan fingerprint density at radius 1 is 0.696 bits per heavy atom. The smallest absolute Gasteiger partial charge is 0.462 e. The van der Waals surface area contributed by atoms with E-state index in [2.05, 4.69) is 48.3 Å². The van der Waals surface area contributed by atoms with Crippen LogP contribution in [0.2, 0.25) is 0 Å². The molecule has 79 heavy (non-hydrogen) atoms. The van der Waals surface area contributed by atoms with E-state index in [-0.39, 0.29) is 37.9 Å². The summed E-state index contributed by atoms with van der Waals surface area (Å²) in [6.45, 7) is 4.26. The average Bonchev–Trinajstić information content (AvgIpc) is 3.71. The number of hydrogen-bond donors (Lipinski definition) is 7. The number of esters is 2. The van der Waals surface area contributed by atoms with Crippen LogP contribution in [0.4, 0.5) is 5.82 Å². The molecule has 1 aliphatic rings. The molecule has 0 aliphatic carbocycles. The number of rotatable bonds is 49. The van der Waals surface area contributed by atoms with E-state index in [1.807, 2.05) is 12.2 Å². The van der Waals surface area contributed by atoms with Crippen LogP contribution in [0.3, 0.4) is 0 Å². The first kappa shape index (κ1) is 72.0. The van der Waals surface area contributed by atoms with Gasteiger partial charge in [-0.15, -0.1) is 0 Å². The van der Waals surface area contributed by atoms with Gasteiger partial charge in [0.25, 0.3) is 0 Å². The Morgan fingerprint density at radius 3 is 1.82 bits per heavy atom. The molecule has 456 valence electrons. The van der Waals surface area contributed by atoms with Crippen molar-refractivity contribution >= 4 is 33.4 Å². The van der Waals surface area contributed by atoms with Gasteiger partial charge >= 0.3 is 33.3 Å². The van der Waals surface area contributed by atoms with E-state index in [9.17, 15) is 53.7 Å². The van der Waals surface area contributed by atoms with Gasteiger partial charge in [0.2, 0.25) is 0 Å². The van der Waals surface area contributed by atoms with Crippen LogP contribution >= 0.6 is 15.6 Å². The molecule has 1 fully saturated rings. The number of phosphoric acid groups is 2. The number of nitrogens with two attached hydrogens (primary N) is 1. The number of nitrogens with zero attached hydrogens (tertiary/aromatic N) is 2. The summed E-state index contributed by atoms with van der Waals surface area (Å²) in [5, 5.41) is 42.0. The van der Waals surface area contributed by atoms with Crippen molar-refractivity contribution in [2.45, 2.75) is 263 Å². The minimum absolute atomic E-state index is 0.0367. The molecule has 0 saturated carbocycles. The molecule has 8 N–H and O–H groups in total. The molecule has 0 radical (unpaired) electrons. The highest BCUT2D eigenvalue weighted by atomic mass is 31.3. The SMILES string of the molecule is CCCCC/C=C\C/C=C\C/C=C\CC(O)C(O)CCCC(=O)O[C@H](COC(=O)CCCCCCCCCCCCCCCCCCCCC(C)CC)COP(=O)(O)OP(=O)(O)OC[C@H]1O[C@@H](n2ccc(N)nc2=O)[C@H](O)[C@@H]1O. The van der Waals surface area contributed by atoms with E-state index in [1.165, 1.54) is 122 Å². The van der Waals surface area contributed by atoms with Gasteiger partial charge in [0.15, 0.2) is 12.3 Å². The van der Waals surface area contributed by atoms with E-state index < -0.39 is 95.9 Å². The molecule has 0 amide bonds. The number of carbonyl (C=O) groups excluding carboxylic acids is 2. The Labute approximate surface area is 471 Å². The number of unbranched alkanes of at least 4 members (excludes halogenated alkanes) is 20. The molecule has 1 aromatic rings. The number of anilines is 1. The lowest BCUT2D eigenvalue weighted by Gasteiger charge is -2.22. The maximum Gasteiger partial charge on any atom is 0.481 e. The fourth-order valence-electron chi connectivity index (χ4n) is 8.87. The molecule has 1 saturated heterocycles. The number of phosphoric ester groups is 2. The molecule has 2 rings (SSSR count). The van der Waals surface area contributed by atoms with E-state index in [0.717, 1.165) is 55.2 Å². The van der Waals surface area contributed by atoms with Crippen molar-refractivity contribution in [1.29, 1.82) is 0 Å². The fraction of sp³-hybridized carbons (Fsp3) is 0.789. The molecular formula is C57H101N3O17P2. The van der Waals surface area contributed by atoms with Crippen molar-refractivity contribution in [1.82, 2.24) is 9.55 Å². The first-order chi connectivity index (χ1) is 37.9. The maximum absolute atomic E-state index is 13.0. The van der Waals surface area contributed by atoms with E-state index >= 15 is 0 Å². The summed E-state index contributed by atoms with van der Waals surface area (Å²) >= 11 is 0. The van der Waals surface area contributed by atoms with Crippen LogP contribution in [-0.2, 0) is 46.3 Å². The van der Waals surface area contributed by atoms with E-state index in [4.69, 9.17) is 29.0 Å². The van der Waals surface area contributed by atoms with Crippen molar-refractivity contribution in [2.24, 2.45) is 5.92 Å². The second kappa shape index (κ2) is 43.6. The first-order valence-electron chi connectivity index (χ1n) is 29.6. The molecule has 10 atom stereocenters. The molecule has 0 spiro atoms. The van der Waals surface area contributed by atoms with Crippen molar-refractivity contribution in [2.75, 3.05) is 25.6 Å². The van der Waals surface area contributed by atoms with Gasteiger partial charge in [0, 0.05) is 19.0 Å². The summed E-state index contributed by atoms with van der Waals surface area (Å²) in [6, 6.07) is 1.23. The lowest BCUT2D eigenvalue weighted by Crippen LogP contribution is -2.36. The van der Waals surface area contributed by atoms with Crippen LogP contribution in [0.15, 0.2) is 53.5 Å². The second-order valence-electron chi connectivity index (χ2n) is 21.1. The molecule has 22 heteroatoms. The third-order valence-corrected chi connectivity index (χ3v) is 16.6. The minimum Gasteiger partial charge on any atom is -0.462 e. The van der Waals surface area contributed by atoms with Gasteiger partial charge in [0.1, 0.15) is 30.7 Å². The maximum atomic E-state index is 13.0. The van der Waals surface area contributed by atoms with Gasteiger partial charge in [-0.1, -0.05) is 192 Å². The number of hydrogen-bond acceptors (Lipinski definition) is 17. The normalized spacial score (nSPS) is 19.9. The Kier molecular flexibility index (Phi) is 39.7. The van der Waals surface area contributed by atoms with Gasteiger partial charge in [-0.2, -0.15) is 9.29 Å². The number of allylic oxidation sites excluding steroid dienone is 5. The number of aromatic nitrogens is 2. The highest BCUT2D eigenvalue weighted by Crippen LogP contribution is 2.60. The Balaban J connectivity index is 1.79. The topological polar surface area (TPSA) is 306 Å². The zero-order valence-corrected chi connectivity index (χ0v) is 49.6. The quantitative estimate of drug-likeness (QED) is 0.0138. The monoisotopic (exact) mass is 1160 g/mol. The lowest BCUT2D eigenvalue weighted by atomic mass is 9.99. The average molecular weight is 1160 g/mol. The van der Waals surface area contributed by atoms with E-state index in [1.54, 1.807) is 6.08 Å². The van der Waals surface area contributed by atoms with Crippen LogP contribution in [0, 0.1) is 5.92 Å². The zero-order chi connectivity index (χ0) is 58.2. The third kappa shape index (κ3) is 35.5. The predicted octanol–water partition coefficient (Wildman–Crippen LogP) is 11.3. The van der Waals surface area contributed by atoms with Crippen molar-refractivity contribution in [3.05, 3.63) is 59.2 Å². The van der Waals surface area contributed by atoms with Gasteiger partial charge < -0.3 is 50.2 Å². The van der Waals surface area contributed by atoms with Crippen molar-refractivity contribution in [3.63, 3.8) is 0 Å². The summed E-state index contributed by atoms with van der Waals surface area (Å²) in [7, 11) is -11.0. The summed E-state index contributed by atoms with van der Waals surface area (Å²) in [5.41, 5.74) is 4.57. The molecule has 5 unspecified atom stereocenters. The van der Waals surface area contributed by atoms with Crippen molar-refractivity contribution < 1.29 is 76.5 Å². The van der Waals surface area contributed by atoms with Crippen molar-refractivity contribution in [3.8, 4) is 0 Å². The van der Waals surface area contributed by atoms with E-state index in [0.29, 0.717) is 12.8 Å². The predicted molar refractivity (Wildman–Crippen MR) is 305 cm³/mol. The number of aliphatic hydroxyl groups excluding tert-OH is 4. The standard InChI is InChI=1S/C57H101N3O17P2/c1-4-6-7-8-9-10-11-21-24-27-30-33-37-48(61)49(62)38-35-40-53(64)75-47(43-72-52(63)39-34-31-28-25-22-19-17-15-13-12-14-16-18-20-23-26-29-32-36-46(3)5-2)44-73-78(68,69)77-79(70,71)74-45-50-54(65)55(66)56(76-50)60-42-41-51(58)59-57(60)67/h9-10,21,24,30,33,41-42,46-50,54-56,61-62,65-66H,4-8,11-20,22-23,25-29,31-32,34-40,43-45H2,1-3H3,(H,68,69)(H,70,71)(H2,58,59,67)/b10-9-,24-21-,33-30-/t46?,47-,48?,49?,50-,54-,55-,56-/m1/s1. The van der Waals surface area contributed by atoms with Crippen LogP contribution < -0.4 is 11.4 Å². The molecular weight excluding hydrogens is 1060 g/mol. The van der Waals surface area contributed by atoms with Crippen LogP contribution in [0.1, 0.15) is 226 Å². The highest BCUT2D eigenvalue weighted by molar-refractivity contribution is 7.61. The Morgan fingerprint density at radius 2 is 1.24 bits per heavy atom. The van der Waals surface area contributed by atoms with Crippen LogP contribution in [0.5, 0.6) is 0 Å². The first-order valence-corrected chi connectivity index (χ1v) is 32.6. The highest BCUT2D eigenvalue weighted by Gasteiger charge is 2.46. The number of aliphatic hydroxyl groups is 4. The number of ether oxygens (including phenoxy) is 3. The fourth-order valence-corrected chi connectivity index (χ4v) is 11.0. The van der Waals surface area contributed by atoms with Crippen LogP contribution in [-0.4, -0.2) is 108 Å².